The van der Waals surface area contributed by atoms with Crippen LogP contribution >= 0.6 is 0 Å². The third-order valence-corrected chi connectivity index (χ3v) is 3.33. The molecule has 1 atom stereocenters. The lowest BCUT2D eigenvalue weighted by Gasteiger charge is -2.38. The highest BCUT2D eigenvalue weighted by atomic mass is 32.2. The van der Waals surface area contributed by atoms with Crippen LogP contribution in [0.4, 0.5) is 65.9 Å². The molecule has 0 rings (SSSR count). The highest BCUT2D eigenvalue weighted by Crippen LogP contribution is 2.55. The first kappa shape index (κ1) is 27.4. The molecule has 0 fully saturated rings. The number of halogens is 15. The first-order valence-corrected chi connectivity index (χ1v) is 7.06. The van der Waals surface area contributed by atoms with Gasteiger partial charge in [-0.3, -0.25) is 9.29 Å². The minimum atomic E-state index is -7.91. The van der Waals surface area contributed by atoms with Crippen LogP contribution in [-0.2, 0) is 19.6 Å². The molecular weight excluding hydrogens is 493 g/mol. The number of alkyl halides is 12. The average molecular weight is 494 g/mol. The van der Waals surface area contributed by atoms with Gasteiger partial charge in [0.05, 0.1) is 0 Å². The van der Waals surface area contributed by atoms with Gasteiger partial charge in [0.15, 0.2) is 0 Å². The topological polar surface area (TPSA) is 72.8 Å². The summed E-state index contributed by atoms with van der Waals surface area (Å²) >= 11 is 0. The number of hydrogen-bond donors (Lipinski definition) is 1. The second-order valence-electron chi connectivity index (χ2n) is 4.43. The van der Waals surface area contributed by atoms with Gasteiger partial charge in [0, 0.05) is 0 Å². The van der Waals surface area contributed by atoms with Crippen molar-refractivity contribution in [3.63, 3.8) is 0 Å². The molecule has 29 heavy (non-hydrogen) atoms. The van der Waals surface area contributed by atoms with Crippen LogP contribution in [-0.4, -0.2) is 48.4 Å². The minimum Gasteiger partial charge on any atom is -0.398 e. The van der Waals surface area contributed by atoms with Crippen molar-refractivity contribution < 1.29 is 88.3 Å². The van der Waals surface area contributed by atoms with E-state index in [0.29, 0.717) is 0 Å². The summed E-state index contributed by atoms with van der Waals surface area (Å²) in [6, 6.07) is -4.07. The SMILES string of the molecule is O=S(=O)(O)C(F)(F)C(F)(F)C(F)(F)OC(F)(C(F)(F)F)C(F)(F)OC(F)=C(F)F. The molecule has 0 amide bonds. The molecule has 1 N–H and O–H groups in total. The average Bonchev–Trinajstić information content (AvgIpc) is 2.42. The van der Waals surface area contributed by atoms with E-state index in [2.05, 4.69) is 0 Å². The van der Waals surface area contributed by atoms with Crippen molar-refractivity contribution in [3.8, 4) is 0 Å². The Morgan fingerprint density at radius 2 is 1.10 bits per heavy atom. The fourth-order valence-electron chi connectivity index (χ4n) is 1.07. The molecule has 1 unspecified atom stereocenters. The Morgan fingerprint density at radius 1 is 0.724 bits per heavy atom. The van der Waals surface area contributed by atoms with Gasteiger partial charge in [-0.25, -0.2) is 0 Å². The summed E-state index contributed by atoms with van der Waals surface area (Å²) in [5.41, 5.74) is 0. The van der Waals surface area contributed by atoms with Crippen LogP contribution in [0.15, 0.2) is 12.1 Å². The van der Waals surface area contributed by atoms with E-state index in [1.807, 2.05) is 0 Å². The maximum absolute atomic E-state index is 13.5. The molecule has 174 valence electrons. The Morgan fingerprint density at radius 3 is 1.38 bits per heavy atom. The summed E-state index contributed by atoms with van der Waals surface area (Å²) in [4.78, 5) is 0. The van der Waals surface area contributed by atoms with Crippen LogP contribution in [0.25, 0.3) is 0 Å². The van der Waals surface area contributed by atoms with Gasteiger partial charge in [0.25, 0.3) is 0 Å². The molecule has 0 saturated heterocycles. The third kappa shape index (κ3) is 4.59. The van der Waals surface area contributed by atoms with Crippen molar-refractivity contribution in [3.05, 3.63) is 12.1 Å². The third-order valence-electron chi connectivity index (χ3n) is 2.43. The zero-order valence-electron chi connectivity index (χ0n) is 12.2. The highest BCUT2D eigenvalue weighted by molar-refractivity contribution is 7.87. The van der Waals surface area contributed by atoms with E-state index in [9.17, 15) is 74.3 Å². The van der Waals surface area contributed by atoms with Gasteiger partial charge >= 0.3 is 57.6 Å². The van der Waals surface area contributed by atoms with Crippen molar-refractivity contribution >= 4 is 10.1 Å². The zero-order valence-corrected chi connectivity index (χ0v) is 13.0. The summed E-state index contributed by atoms with van der Waals surface area (Å²) in [5, 5.41) is -7.48. The lowest BCUT2D eigenvalue weighted by molar-refractivity contribution is -0.523. The van der Waals surface area contributed by atoms with Crippen molar-refractivity contribution in [2.75, 3.05) is 0 Å². The van der Waals surface area contributed by atoms with E-state index in [0.717, 1.165) is 0 Å². The normalized spacial score (nSPS) is 17.0. The fraction of sp³-hybridized carbons (Fsp3) is 0.750. The number of ether oxygens (including phenoxy) is 2. The van der Waals surface area contributed by atoms with E-state index >= 15 is 0 Å². The smallest absolute Gasteiger partial charge is 0.398 e. The summed E-state index contributed by atoms with van der Waals surface area (Å²) in [6.45, 7) is 0. The zero-order chi connectivity index (χ0) is 24.1. The Bertz CT molecular complexity index is 751. The molecule has 21 heteroatoms. The molecule has 0 aromatic carbocycles. The van der Waals surface area contributed by atoms with Crippen LogP contribution in [0.2, 0.25) is 0 Å². The Balaban J connectivity index is 6.57. The van der Waals surface area contributed by atoms with Crippen molar-refractivity contribution in [1.82, 2.24) is 0 Å². The van der Waals surface area contributed by atoms with Crippen molar-refractivity contribution in [2.45, 2.75) is 35.4 Å². The van der Waals surface area contributed by atoms with Crippen LogP contribution in [0.5, 0.6) is 0 Å². The largest absolute Gasteiger partial charge is 0.471 e. The van der Waals surface area contributed by atoms with Gasteiger partial charge < -0.3 is 4.74 Å². The summed E-state index contributed by atoms with van der Waals surface area (Å²) in [7, 11) is -7.63. The van der Waals surface area contributed by atoms with E-state index < -0.39 is 57.6 Å². The highest BCUT2D eigenvalue weighted by Gasteiger charge is 2.85. The van der Waals surface area contributed by atoms with Crippen LogP contribution in [0, 0.1) is 0 Å². The molecule has 0 saturated carbocycles. The number of hydrogen-bond acceptors (Lipinski definition) is 4. The molecule has 0 radical (unpaired) electrons. The molecular formula is C8HF15O5S. The van der Waals surface area contributed by atoms with Crippen LogP contribution < -0.4 is 0 Å². The maximum atomic E-state index is 13.5. The van der Waals surface area contributed by atoms with E-state index in [-0.39, 0.29) is 0 Å². The molecule has 5 nitrogen and oxygen atoms in total. The van der Waals surface area contributed by atoms with Gasteiger partial charge in [-0.05, 0) is 0 Å². The van der Waals surface area contributed by atoms with Crippen LogP contribution in [0.3, 0.4) is 0 Å². The lowest BCUT2D eigenvalue weighted by atomic mass is 10.2. The molecule has 0 bridgehead atoms. The number of rotatable bonds is 8. The molecule has 0 aliphatic carbocycles. The van der Waals surface area contributed by atoms with Gasteiger partial charge in [0.1, 0.15) is 0 Å². The summed E-state index contributed by atoms with van der Waals surface area (Å²) in [5.74, 6) is -15.7. The van der Waals surface area contributed by atoms with E-state index in [1.165, 1.54) is 4.74 Å². The molecule has 0 aliphatic rings. The van der Waals surface area contributed by atoms with Gasteiger partial charge in [-0.15, -0.1) is 0 Å². The summed E-state index contributed by atoms with van der Waals surface area (Å²) in [6.07, 6.45) is -27.1. The van der Waals surface area contributed by atoms with E-state index in [1.54, 1.807) is 4.74 Å². The molecule has 0 spiro atoms. The predicted molar refractivity (Wildman–Crippen MR) is 53.8 cm³/mol. The Kier molecular flexibility index (Phi) is 6.84. The Labute approximate surface area is 147 Å². The molecule has 0 aromatic heterocycles. The second-order valence-corrected chi connectivity index (χ2v) is 5.89. The molecule has 0 aliphatic heterocycles. The first-order valence-electron chi connectivity index (χ1n) is 5.62. The molecule has 0 heterocycles. The van der Waals surface area contributed by atoms with Crippen molar-refractivity contribution in [2.24, 2.45) is 0 Å². The van der Waals surface area contributed by atoms with Gasteiger partial charge in [-0.1, -0.05) is 0 Å². The van der Waals surface area contributed by atoms with Crippen molar-refractivity contribution in [1.29, 1.82) is 0 Å². The van der Waals surface area contributed by atoms with E-state index in [4.69, 9.17) is 4.55 Å². The van der Waals surface area contributed by atoms with Gasteiger partial charge in [0.2, 0.25) is 0 Å². The monoisotopic (exact) mass is 494 g/mol. The van der Waals surface area contributed by atoms with Crippen LogP contribution in [0.1, 0.15) is 0 Å². The quantitative estimate of drug-likeness (QED) is 0.304. The molecule has 0 aromatic rings. The lowest BCUT2D eigenvalue weighted by Crippen LogP contribution is -2.66. The standard InChI is InChI=1S/C8HF15O5S/c9-1(10)2(11)27-7(20,21)4(14,5(15,16)17)28-6(18,19)3(12,13)8(22,23)29(24,25)26/h(H,24,25,26). The first-order chi connectivity index (χ1) is 12.3. The maximum Gasteiger partial charge on any atom is 0.471 e. The van der Waals surface area contributed by atoms with Gasteiger partial charge in [-0.2, -0.15) is 74.3 Å². The Hall–Kier alpha value is -1.64. The summed E-state index contributed by atoms with van der Waals surface area (Å²) < 4.78 is 221. The predicted octanol–water partition coefficient (Wildman–Crippen LogP) is 4.58. The second kappa shape index (κ2) is 7.25. The minimum absolute atomic E-state index is 1.34. The fourth-order valence-corrected chi connectivity index (χ4v) is 1.51.